The second-order valence-electron chi connectivity index (χ2n) is 4.94. The predicted molar refractivity (Wildman–Crippen MR) is 80.4 cm³/mol. The van der Waals surface area contributed by atoms with Crippen LogP contribution in [0.4, 0.5) is 13.2 Å². The quantitative estimate of drug-likeness (QED) is 0.802. The fraction of sp³-hybridized carbons (Fsp3) is 0.375. The molecule has 1 aromatic heterocycles. The summed E-state index contributed by atoms with van der Waals surface area (Å²) in [5.41, 5.74) is 1.58. The third-order valence-electron chi connectivity index (χ3n) is 3.53. The Labute approximate surface area is 126 Å². The smallest absolute Gasteiger partial charge is 0.305 e. The number of aryl methyl sites for hydroxylation is 1. The lowest BCUT2D eigenvalue weighted by molar-refractivity contribution is -0.137. The van der Waals surface area contributed by atoms with Gasteiger partial charge in [0.15, 0.2) is 0 Å². The van der Waals surface area contributed by atoms with Gasteiger partial charge in [0, 0.05) is 17.5 Å². The zero-order chi connectivity index (χ0) is 15.5. The van der Waals surface area contributed by atoms with E-state index in [-0.39, 0.29) is 6.04 Å². The topological polar surface area (TPSA) is 12.0 Å². The molecule has 21 heavy (non-hydrogen) atoms. The lowest BCUT2D eigenvalue weighted by Gasteiger charge is -2.15. The Balaban J connectivity index is 1.99. The first kappa shape index (κ1) is 16.0. The van der Waals surface area contributed by atoms with Crippen LogP contribution in [0.5, 0.6) is 0 Å². The van der Waals surface area contributed by atoms with E-state index >= 15 is 0 Å². The fourth-order valence-electron chi connectivity index (χ4n) is 2.16. The summed E-state index contributed by atoms with van der Waals surface area (Å²) in [7, 11) is 0. The van der Waals surface area contributed by atoms with Crippen LogP contribution in [0.2, 0.25) is 0 Å². The largest absolute Gasteiger partial charge is 0.416 e. The van der Waals surface area contributed by atoms with Gasteiger partial charge >= 0.3 is 6.18 Å². The van der Waals surface area contributed by atoms with Crippen molar-refractivity contribution in [2.24, 2.45) is 0 Å². The van der Waals surface area contributed by atoms with Crippen molar-refractivity contribution in [1.82, 2.24) is 5.32 Å². The maximum atomic E-state index is 12.5. The summed E-state index contributed by atoms with van der Waals surface area (Å²) >= 11 is 1.71. The number of hydrogen-bond donors (Lipinski definition) is 1. The SMILES string of the molecule is CCc1ccsc1CNC(C)c1ccc(C(F)(F)F)cc1. The van der Waals surface area contributed by atoms with E-state index in [0.29, 0.717) is 0 Å². The molecule has 5 heteroatoms. The Morgan fingerprint density at radius 2 is 1.81 bits per heavy atom. The summed E-state index contributed by atoms with van der Waals surface area (Å²) in [5, 5.41) is 5.43. The molecule has 0 spiro atoms. The molecular weight excluding hydrogens is 295 g/mol. The molecule has 0 aliphatic carbocycles. The van der Waals surface area contributed by atoms with Gasteiger partial charge < -0.3 is 5.32 Å². The molecule has 1 unspecified atom stereocenters. The highest BCUT2D eigenvalue weighted by Gasteiger charge is 2.30. The minimum absolute atomic E-state index is 0.0130. The van der Waals surface area contributed by atoms with Crippen molar-refractivity contribution in [2.75, 3.05) is 0 Å². The van der Waals surface area contributed by atoms with Crippen molar-refractivity contribution in [1.29, 1.82) is 0 Å². The van der Waals surface area contributed by atoms with Crippen LogP contribution >= 0.6 is 11.3 Å². The van der Waals surface area contributed by atoms with E-state index < -0.39 is 11.7 Å². The van der Waals surface area contributed by atoms with Gasteiger partial charge in [-0.3, -0.25) is 0 Å². The molecule has 0 bridgehead atoms. The van der Waals surface area contributed by atoms with Crippen molar-refractivity contribution >= 4 is 11.3 Å². The van der Waals surface area contributed by atoms with Crippen LogP contribution in [0.15, 0.2) is 35.7 Å². The number of halogens is 3. The first-order valence-corrected chi connectivity index (χ1v) is 7.75. The van der Waals surface area contributed by atoms with Gasteiger partial charge in [-0.15, -0.1) is 11.3 Å². The van der Waals surface area contributed by atoms with Gasteiger partial charge in [0.2, 0.25) is 0 Å². The Bertz CT molecular complexity index is 572. The van der Waals surface area contributed by atoms with Crippen molar-refractivity contribution in [2.45, 2.75) is 39.0 Å². The van der Waals surface area contributed by atoms with Gasteiger partial charge in [0.1, 0.15) is 0 Å². The van der Waals surface area contributed by atoms with E-state index in [2.05, 4.69) is 23.7 Å². The first-order chi connectivity index (χ1) is 9.91. The summed E-state index contributed by atoms with van der Waals surface area (Å²) in [6.45, 7) is 4.82. The van der Waals surface area contributed by atoms with Gasteiger partial charge in [-0.1, -0.05) is 19.1 Å². The van der Waals surface area contributed by atoms with E-state index in [0.717, 1.165) is 30.7 Å². The molecule has 0 saturated heterocycles. The van der Waals surface area contributed by atoms with Crippen LogP contribution in [0.3, 0.4) is 0 Å². The zero-order valence-corrected chi connectivity index (χ0v) is 12.8. The summed E-state index contributed by atoms with van der Waals surface area (Å²) in [4.78, 5) is 1.29. The molecule has 0 fully saturated rings. The molecule has 114 valence electrons. The second-order valence-corrected chi connectivity index (χ2v) is 5.95. The predicted octanol–water partition coefficient (Wildman–Crippen LogP) is 5.18. The van der Waals surface area contributed by atoms with E-state index in [9.17, 15) is 13.2 Å². The van der Waals surface area contributed by atoms with Crippen LogP contribution in [-0.4, -0.2) is 0 Å². The third-order valence-corrected chi connectivity index (χ3v) is 4.49. The van der Waals surface area contributed by atoms with E-state index in [1.165, 1.54) is 22.6 Å². The van der Waals surface area contributed by atoms with Crippen molar-refractivity contribution in [3.05, 3.63) is 57.3 Å². The van der Waals surface area contributed by atoms with E-state index in [4.69, 9.17) is 0 Å². The van der Waals surface area contributed by atoms with Gasteiger partial charge in [-0.2, -0.15) is 13.2 Å². The Morgan fingerprint density at radius 3 is 2.38 bits per heavy atom. The highest BCUT2D eigenvalue weighted by atomic mass is 32.1. The molecule has 0 aliphatic heterocycles. The molecule has 1 nitrogen and oxygen atoms in total. The number of thiophene rings is 1. The zero-order valence-electron chi connectivity index (χ0n) is 12.0. The van der Waals surface area contributed by atoms with Crippen molar-refractivity contribution in [3.8, 4) is 0 Å². The van der Waals surface area contributed by atoms with Crippen LogP contribution in [0, 0.1) is 0 Å². The molecule has 1 atom stereocenters. The molecule has 2 aromatic rings. The highest BCUT2D eigenvalue weighted by molar-refractivity contribution is 7.10. The normalized spacial score (nSPS) is 13.4. The average molecular weight is 313 g/mol. The van der Waals surface area contributed by atoms with Crippen LogP contribution < -0.4 is 5.32 Å². The summed E-state index contributed by atoms with van der Waals surface area (Å²) in [5.74, 6) is 0. The molecule has 0 saturated carbocycles. The standard InChI is InChI=1S/C16H18F3NS/c1-3-12-8-9-21-15(12)10-20-11(2)13-4-6-14(7-5-13)16(17,18)19/h4-9,11,20H,3,10H2,1-2H3. The molecule has 1 aromatic carbocycles. The number of benzene rings is 1. The van der Waals surface area contributed by atoms with Crippen LogP contribution in [0.1, 0.15) is 41.5 Å². The van der Waals surface area contributed by atoms with E-state index in [1.54, 1.807) is 11.3 Å². The van der Waals surface area contributed by atoms with Gasteiger partial charge in [-0.05, 0) is 48.1 Å². The van der Waals surface area contributed by atoms with Gasteiger partial charge in [-0.25, -0.2) is 0 Å². The van der Waals surface area contributed by atoms with Crippen LogP contribution in [0.25, 0.3) is 0 Å². The van der Waals surface area contributed by atoms with Gasteiger partial charge in [0.05, 0.1) is 5.56 Å². The van der Waals surface area contributed by atoms with E-state index in [1.807, 2.05) is 6.92 Å². The lowest BCUT2D eigenvalue weighted by atomic mass is 10.1. The van der Waals surface area contributed by atoms with Crippen LogP contribution in [-0.2, 0) is 19.1 Å². The monoisotopic (exact) mass is 313 g/mol. The summed E-state index contributed by atoms with van der Waals surface area (Å²) < 4.78 is 37.6. The third kappa shape index (κ3) is 4.08. The Hall–Kier alpha value is -1.33. The average Bonchev–Trinajstić information content (AvgIpc) is 2.91. The molecular formula is C16H18F3NS. The Kier molecular flexibility index (Phi) is 5.06. The second kappa shape index (κ2) is 6.62. The summed E-state index contributed by atoms with van der Waals surface area (Å²) in [6, 6.07) is 7.47. The molecule has 2 rings (SSSR count). The lowest BCUT2D eigenvalue weighted by Crippen LogP contribution is -2.18. The van der Waals surface area contributed by atoms with Gasteiger partial charge in [0.25, 0.3) is 0 Å². The number of nitrogens with one attached hydrogen (secondary N) is 1. The molecule has 0 radical (unpaired) electrons. The molecule has 1 heterocycles. The first-order valence-electron chi connectivity index (χ1n) is 6.87. The maximum absolute atomic E-state index is 12.5. The maximum Gasteiger partial charge on any atom is 0.416 e. The number of rotatable bonds is 5. The molecule has 0 aliphatic rings. The highest BCUT2D eigenvalue weighted by Crippen LogP contribution is 2.30. The number of hydrogen-bond acceptors (Lipinski definition) is 2. The minimum atomic E-state index is -4.28. The summed E-state index contributed by atoms with van der Waals surface area (Å²) in [6.07, 6.45) is -3.28. The molecule has 1 N–H and O–H groups in total. The minimum Gasteiger partial charge on any atom is -0.305 e. The Morgan fingerprint density at radius 1 is 1.14 bits per heavy atom. The number of alkyl halides is 3. The molecule has 0 amide bonds. The van der Waals surface area contributed by atoms with Crippen molar-refractivity contribution in [3.63, 3.8) is 0 Å². The fourth-order valence-corrected chi connectivity index (χ4v) is 3.09. The van der Waals surface area contributed by atoms with Crippen molar-refractivity contribution < 1.29 is 13.2 Å².